The number of alkyl halides is 3. The van der Waals surface area contributed by atoms with Crippen LogP contribution < -0.4 is 10.6 Å². The molecule has 2 aromatic rings. The number of nitrogens with one attached hydrogen (secondary N) is 2. The summed E-state index contributed by atoms with van der Waals surface area (Å²) in [4.78, 5) is 24.6. The normalized spacial score (nSPS) is 13.4. The summed E-state index contributed by atoms with van der Waals surface area (Å²) >= 11 is 0. The molecule has 10 heteroatoms. The van der Waals surface area contributed by atoms with E-state index >= 15 is 0 Å². The molecule has 0 bridgehead atoms. The van der Waals surface area contributed by atoms with E-state index in [0.29, 0.717) is 18.2 Å². The molecule has 0 saturated carbocycles. The Balaban J connectivity index is 2.54. The molecule has 2 aromatic carbocycles. The van der Waals surface area contributed by atoms with Gasteiger partial charge in [0, 0.05) is 11.6 Å². The van der Waals surface area contributed by atoms with Crippen molar-refractivity contribution in [3.63, 3.8) is 0 Å². The third-order valence-electron chi connectivity index (χ3n) is 3.60. The highest BCUT2D eigenvalue weighted by atomic mass is 19.4. The van der Waals surface area contributed by atoms with E-state index in [1.54, 1.807) is 10.6 Å². The van der Waals surface area contributed by atoms with Crippen LogP contribution in [-0.2, 0) is 9.53 Å². The summed E-state index contributed by atoms with van der Waals surface area (Å²) in [6.45, 7) is 0.821. The quantitative estimate of drug-likeness (QED) is 0.440. The average molecular weight is 402 g/mol. The summed E-state index contributed by atoms with van der Waals surface area (Å²) in [5.41, 5.74) is -4.85. The number of carbonyl (C=O) groups is 2. The summed E-state index contributed by atoms with van der Waals surface area (Å²) in [5, 5.41) is 3.19. The molecule has 0 aliphatic heterocycles. The van der Waals surface area contributed by atoms with Gasteiger partial charge < -0.3 is 15.4 Å². The van der Waals surface area contributed by atoms with Gasteiger partial charge in [-0.25, -0.2) is 13.6 Å². The lowest BCUT2D eigenvalue weighted by atomic mass is 10.1. The first kappa shape index (κ1) is 21.1. The minimum Gasteiger partial charge on any atom is -0.463 e. The van der Waals surface area contributed by atoms with Gasteiger partial charge in [-0.1, -0.05) is 18.2 Å². The third-order valence-corrected chi connectivity index (χ3v) is 3.60. The SMILES string of the molecule is CCOC(=O)[C@](NC(=O)c1ccccc1)(Nc1ccc(F)cc1F)C(F)(F)F. The number of benzene rings is 2. The van der Waals surface area contributed by atoms with Gasteiger partial charge in [-0.05, 0) is 31.2 Å². The molecule has 0 fully saturated rings. The number of esters is 1. The number of rotatable bonds is 6. The van der Waals surface area contributed by atoms with Gasteiger partial charge in [0.05, 0.1) is 12.3 Å². The van der Waals surface area contributed by atoms with Gasteiger partial charge in [0.15, 0.2) is 0 Å². The first-order valence-electron chi connectivity index (χ1n) is 7.95. The summed E-state index contributed by atoms with van der Waals surface area (Å²) in [6, 6.07) is 8.47. The molecule has 0 saturated heterocycles. The number of anilines is 1. The zero-order valence-electron chi connectivity index (χ0n) is 14.4. The second-order valence-corrected chi connectivity index (χ2v) is 5.54. The number of carbonyl (C=O) groups excluding carboxylic acids is 2. The number of amides is 1. The van der Waals surface area contributed by atoms with Gasteiger partial charge in [0.1, 0.15) is 11.6 Å². The van der Waals surface area contributed by atoms with Gasteiger partial charge in [0.25, 0.3) is 5.91 Å². The van der Waals surface area contributed by atoms with Crippen molar-refractivity contribution in [2.45, 2.75) is 18.8 Å². The molecule has 0 heterocycles. The van der Waals surface area contributed by atoms with E-state index in [1.165, 1.54) is 37.3 Å². The second kappa shape index (κ2) is 8.24. The first-order chi connectivity index (χ1) is 13.1. The molecule has 2 N–H and O–H groups in total. The number of hydrogen-bond acceptors (Lipinski definition) is 4. The van der Waals surface area contributed by atoms with Crippen molar-refractivity contribution in [1.29, 1.82) is 0 Å². The Labute approximate surface area is 156 Å². The molecule has 5 nitrogen and oxygen atoms in total. The average Bonchev–Trinajstić information content (AvgIpc) is 2.63. The molecular formula is C18H15F5N2O3. The predicted octanol–water partition coefficient (Wildman–Crippen LogP) is 3.63. The lowest BCUT2D eigenvalue weighted by molar-refractivity contribution is -0.204. The largest absolute Gasteiger partial charge is 0.463 e. The summed E-state index contributed by atoms with van der Waals surface area (Å²) in [5.74, 6) is -5.60. The van der Waals surface area contributed by atoms with Gasteiger partial charge in [-0.15, -0.1) is 0 Å². The smallest absolute Gasteiger partial charge is 0.441 e. The molecule has 0 aliphatic carbocycles. The standard InChI is InChI=1S/C18H15F5N2O3/c1-2-28-16(27)17(18(21,22)23,24-14-9-8-12(19)10-13(14)20)25-15(26)11-6-4-3-5-7-11/h3-10,24H,2H2,1H3,(H,25,26)/t17-/m1/s1. The fraction of sp³-hybridized carbons (Fsp3) is 0.222. The third kappa shape index (κ3) is 4.38. The van der Waals surface area contributed by atoms with Gasteiger partial charge in [-0.2, -0.15) is 13.2 Å². The Morgan fingerprint density at radius 1 is 1.04 bits per heavy atom. The van der Waals surface area contributed by atoms with Crippen LogP contribution in [0.3, 0.4) is 0 Å². The lowest BCUT2D eigenvalue weighted by Gasteiger charge is -2.35. The van der Waals surface area contributed by atoms with E-state index in [1.807, 2.05) is 0 Å². The summed E-state index contributed by atoms with van der Waals surface area (Å²) in [6.07, 6.45) is -5.44. The van der Waals surface area contributed by atoms with E-state index in [4.69, 9.17) is 0 Å². The topological polar surface area (TPSA) is 67.4 Å². The maximum absolute atomic E-state index is 13.9. The molecule has 0 unspecified atom stereocenters. The van der Waals surface area contributed by atoms with E-state index in [2.05, 4.69) is 4.74 Å². The van der Waals surface area contributed by atoms with Gasteiger partial charge in [-0.3, -0.25) is 4.79 Å². The van der Waals surface area contributed by atoms with E-state index < -0.39 is 47.6 Å². The maximum Gasteiger partial charge on any atom is 0.441 e. The first-order valence-corrected chi connectivity index (χ1v) is 7.95. The fourth-order valence-corrected chi connectivity index (χ4v) is 2.25. The molecular weight excluding hydrogens is 387 g/mol. The Morgan fingerprint density at radius 3 is 2.21 bits per heavy atom. The monoisotopic (exact) mass is 402 g/mol. The van der Waals surface area contributed by atoms with Crippen LogP contribution >= 0.6 is 0 Å². The van der Waals surface area contributed by atoms with Crippen molar-refractivity contribution in [3.05, 3.63) is 65.7 Å². The van der Waals surface area contributed by atoms with Crippen LogP contribution in [0.15, 0.2) is 48.5 Å². The minimum atomic E-state index is -5.44. The summed E-state index contributed by atoms with van der Waals surface area (Å²) < 4.78 is 73.3. The highest BCUT2D eigenvalue weighted by Crippen LogP contribution is 2.34. The molecule has 1 atom stereocenters. The van der Waals surface area contributed by atoms with Gasteiger partial charge >= 0.3 is 17.8 Å². The highest BCUT2D eigenvalue weighted by Gasteiger charge is 2.64. The zero-order valence-corrected chi connectivity index (χ0v) is 14.4. The highest BCUT2D eigenvalue weighted by molar-refractivity contribution is 5.99. The Hall–Kier alpha value is -3.17. The van der Waals surface area contributed by atoms with Crippen molar-refractivity contribution in [1.82, 2.24) is 5.32 Å². The minimum absolute atomic E-state index is 0.179. The van der Waals surface area contributed by atoms with Crippen LogP contribution in [0.5, 0.6) is 0 Å². The molecule has 1 amide bonds. The molecule has 0 spiro atoms. The van der Waals surface area contributed by atoms with Crippen LogP contribution in [0.25, 0.3) is 0 Å². The van der Waals surface area contributed by atoms with Crippen molar-refractivity contribution >= 4 is 17.6 Å². The van der Waals surface area contributed by atoms with Crippen LogP contribution in [0.2, 0.25) is 0 Å². The molecule has 150 valence electrons. The fourth-order valence-electron chi connectivity index (χ4n) is 2.25. The van der Waals surface area contributed by atoms with E-state index in [-0.39, 0.29) is 5.56 Å². The van der Waals surface area contributed by atoms with Crippen LogP contribution in [0.4, 0.5) is 27.6 Å². The molecule has 0 radical (unpaired) electrons. The number of ether oxygens (including phenoxy) is 1. The maximum atomic E-state index is 13.9. The van der Waals surface area contributed by atoms with Crippen LogP contribution in [0.1, 0.15) is 17.3 Å². The zero-order chi connectivity index (χ0) is 20.9. The van der Waals surface area contributed by atoms with E-state index in [9.17, 15) is 31.5 Å². The lowest BCUT2D eigenvalue weighted by Crippen LogP contribution is -2.69. The molecule has 28 heavy (non-hydrogen) atoms. The van der Waals surface area contributed by atoms with Crippen LogP contribution in [0, 0.1) is 11.6 Å². The predicted molar refractivity (Wildman–Crippen MR) is 89.3 cm³/mol. The van der Waals surface area contributed by atoms with Crippen molar-refractivity contribution in [2.24, 2.45) is 0 Å². The second-order valence-electron chi connectivity index (χ2n) is 5.54. The molecule has 2 rings (SSSR count). The van der Waals surface area contributed by atoms with E-state index in [0.717, 1.165) is 0 Å². The number of hydrogen-bond donors (Lipinski definition) is 2. The van der Waals surface area contributed by atoms with Crippen molar-refractivity contribution in [2.75, 3.05) is 11.9 Å². The Bertz CT molecular complexity index is 858. The molecule has 0 aliphatic rings. The molecule has 0 aromatic heterocycles. The van der Waals surface area contributed by atoms with Crippen molar-refractivity contribution in [3.8, 4) is 0 Å². The van der Waals surface area contributed by atoms with Crippen LogP contribution in [-0.4, -0.2) is 30.3 Å². The van der Waals surface area contributed by atoms with Gasteiger partial charge in [0.2, 0.25) is 0 Å². The number of halogens is 5. The Kier molecular flexibility index (Phi) is 6.22. The van der Waals surface area contributed by atoms with Crippen molar-refractivity contribution < 1.29 is 36.3 Å². The summed E-state index contributed by atoms with van der Waals surface area (Å²) in [7, 11) is 0. The Morgan fingerprint density at radius 2 is 1.68 bits per heavy atom.